The van der Waals surface area contributed by atoms with Gasteiger partial charge in [-0.15, -0.1) is 0 Å². The summed E-state index contributed by atoms with van der Waals surface area (Å²) in [4.78, 5) is 23.2. The Bertz CT molecular complexity index is 941. The molecule has 0 bridgehead atoms. The third kappa shape index (κ3) is 22.5. The van der Waals surface area contributed by atoms with E-state index in [4.69, 9.17) is 9.05 Å². The molecule has 0 aliphatic heterocycles. The second kappa shape index (κ2) is 30.3. The van der Waals surface area contributed by atoms with Gasteiger partial charge in [-0.05, 0) is 19.3 Å². The zero-order valence-electron chi connectivity index (χ0n) is 32.4. The van der Waals surface area contributed by atoms with Gasteiger partial charge in [-0.2, -0.15) is 0 Å². The molecule has 1 aliphatic carbocycles. The second-order valence-electron chi connectivity index (χ2n) is 14.8. The Morgan fingerprint density at radius 3 is 1.46 bits per heavy atom. The number of aliphatic hydroxyl groups is 6. The fourth-order valence-electron chi connectivity index (χ4n) is 6.61. The molecule has 1 rings (SSSR count). The summed E-state index contributed by atoms with van der Waals surface area (Å²) in [6.07, 6.45) is 18.7. The Labute approximate surface area is 314 Å². The minimum atomic E-state index is -5.06. The molecule has 1 fully saturated rings. The lowest BCUT2D eigenvalue weighted by Gasteiger charge is -2.41. The molecule has 0 heterocycles. The summed E-state index contributed by atoms with van der Waals surface area (Å²) in [6.45, 7) is 3.79. The molecular formula is C39H76NO11P. The third-order valence-electron chi connectivity index (χ3n) is 10.1. The summed E-state index contributed by atoms with van der Waals surface area (Å²) < 4.78 is 22.8. The highest BCUT2D eigenvalue weighted by Crippen LogP contribution is 2.47. The molecule has 0 spiro atoms. The van der Waals surface area contributed by atoms with Gasteiger partial charge in [0.15, 0.2) is 0 Å². The number of rotatable bonds is 33. The van der Waals surface area contributed by atoms with Crippen molar-refractivity contribution >= 4 is 13.7 Å². The number of aliphatic hydroxyl groups excluding tert-OH is 6. The Hall–Kier alpha value is -0.920. The van der Waals surface area contributed by atoms with Crippen LogP contribution in [0.2, 0.25) is 0 Å². The zero-order chi connectivity index (χ0) is 38.6. The summed E-state index contributed by atoms with van der Waals surface area (Å²) in [5.74, 6) is -0.344. The molecule has 1 aliphatic rings. The number of phosphoric acid groups is 1. The highest BCUT2D eigenvalue weighted by Gasteiger charge is 2.51. The van der Waals surface area contributed by atoms with Gasteiger partial charge in [0.2, 0.25) is 5.91 Å². The predicted molar refractivity (Wildman–Crippen MR) is 205 cm³/mol. The summed E-state index contributed by atoms with van der Waals surface area (Å²) in [5.41, 5.74) is 0. The van der Waals surface area contributed by atoms with Crippen molar-refractivity contribution in [2.24, 2.45) is 0 Å². The molecule has 0 aromatic rings. The first-order chi connectivity index (χ1) is 24.9. The quantitative estimate of drug-likeness (QED) is 0.0206. The van der Waals surface area contributed by atoms with E-state index in [0.717, 1.165) is 44.9 Å². The molecule has 8 N–H and O–H groups in total. The Kier molecular flexibility index (Phi) is 28.6. The van der Waals surface area contributed by atoms with Crippen molar-refractivity contribution in [1.29, 1.82) is 0 Å². The summed E-state index contributed by atoms with van der Waals surface area (Å²) >= 11 is 0. The molecule has 0 radical (unpaired) electrons. The van der Waals surface area contributed by atoms with Crippen LogP contribution in [0, 0.1) is 0 Å². The third-order valence-corrected chi connectivity index (χ3v) is 11.1. The first kappa shape index (κ1) is 49.1. The summed E-state index contributed by atoms with van der Waals surface area (Å²) in [7, 11) is -5.06. The topological polar surface area (TPSA) is 206 Å². The fraction of sp³-hybridized carbons (Fsp3) is 0.923. The van der Waals surface area contributed by atoms with E-state index in [-0.39, 0.29) is 12.3 Å². The van der Waals surface area contributed by atoms with E-state index in [9.17, 15) is 44.9 Å². The van der Waals surface area contributed by atoms with E-state index >= 15 is 0 Å². The number of allylic oxidation sites excluding steroid dienone is 1. The summed E-state index contributed by atoms with van der Waals surface area (Å²) in [6, 6.07) is -1.11. The van der Waals surface area contributed by atoms with Gasteiger partial charge in [0.25, 0.3) is 0 Å². The first-order valence-electron chi connectivity index (χ1n) is 20.6. The van der Waals surface area contributed by atoms with Crippen LogP contribution < -0.4 is 5.32 Å². The van der Waals surface area contributed by atoms with Crippen LogP contribution in [0.3, 0.4) is 0 Å². The van der Waals surface area contributed by atoms with Crippen LogP contribution in [-0.2, 0) is 18.4 Å². The van der Waals surface area contributed by atoms with Gasteiger partial charge in [-0.3, -0.25) is 13.8 Å². The van der Waals surface area contributed by atoms with E-state index in [1.165, 1.54) is 109 Å². The van der Waals surface area contributed by atoms with E-state index in [2.05, 4.69) is 19.2 Å². The number of phosphoric ester groups is 1. The molecular weight excluding hydrogens is 689 g/mol. The van der Waals surface area contributed by atoms with E-state index in [1.54, 1.807) is 0 Å². The largest absolute Gasteiger partial charge is 0.472 e. The number of hydrogen-bond acceptors (Lipinski definition) is 10. The molecule has 308 valence electrons. The number of nitrogens with one attached hydrogen (secondary N) is 1. The maximum absolute atomic E-state index is 12.8. The Morgan fingerprint density at radius 2 is 1.02 bits per heavy atom. The molecule has 6 unspecified atom stereocenters. The molecule has 1 amide bonds. The van der Waals surface area contributed by atoms with Crippen molar-refractivity contribution < 1.29 is 53.9 Å². The maximum atomic E-state index is 12.8. The minimum absolute atomic E-state index is 0.216. The van der Waals surface area contributed by atoms with E-state index in [0.29, 0.717) is 6.42 Å². The average molecular weight is 766 g/mol. The number of carbonyl (C=O) groups is 1. The fourth-order valence-corrected chi connectivity index (χ4v) is 7.57. The Balaban J connectivity index is 2.55. The molecule has 1 saturated carbocycles. The molecule has 52 heavy (non-hydrogen) atoms. The molecule has 9 atom stereocenters. The van der Waals surface area contributed by atoms with Crippen LogP contribution in [0.1, 0.15) is 174 Å². The van der Waals surface area contributed by atoms with Crippen molar-refractivity contribution in [2.45, 2.75) is 223 Å². The highest BCUT2D eigenvalue weighted by molar-refractivity contribution is 7.47. The second-order valence-corrected chi connectivity index (χ2v) is 16.2. The molecule has 0 aromatic carbocycles. The molecule has 12 nitrogen and oxygen atoms in total. The van der Waals surface area contributed by atoms with Crippen molar-refractivity contribution in [3.05, 3.63) is 12.2 Å². The van der Waals surface area contributed by atoms with Gasteiger partial charge in [0.1, 0.15) is 36.6 Å². The van der Waals surface area contributed by atoms with Crippen molar-refractivity contribution in [3.63, 3.8) is 0 Å². The highest BCUT2D eigenvalue weighted by atomic mass is 31.2. The first-order valence-corrected chi connectivity index (χ1v) is 22.1. The Morgan fingerprint density at radius 1 is 0.635 bits per heavy atom. The van der Waals surface area contributed by atoms with E-state index < -0.39 is 63.2 Å². The number of carbonyl (C=O) groups excluding carboxylic acids is 1. The lowest BCUT2D eigenvalue weighted by atomic mass is 9.85. The SMILES string of the molecule is CCCCCCCCCCCCCCCC/C=C/[C@@H](O)[C@H](COP(=O)(O)OC1C(O)C(O)C(O)[C@@H](O)C1O)NC(=O)CCCCCCCCCCC. The van der Waals surface area contributed by atoms with Crippen molar-refractivity contribution in [2.75, 3.05) is 6.61 Å². The number of unbranched alkanes of at least 4 members (excludes halogenated alkanes) is 22. The smallest absolute Gasteiger partial charge is 0.387 e. The standard InChI is InChI=1S/C39H76NO11P/c1-3-5-7-9-11-13-14-15-16-17-18-19-21-22-24-26-28-32(41)31(40-33(42)29-27-25-23-20-12-10-8-6-4-2)30-50-52(48,49)51-39-37(46)35(44)34(43)36(45)38(39)47/h26,28,31-32,34-39,41,43-47H,3-25,27,29-30H2,1-2H3,(H,40,42)(H,48,49)/b28-26+/t31-,32+,34?,35+,36?,37?,38?,39?/m0/s1. The van der Waals surface area contributed by atoms with Crippen LogP contribution in [0.25, 0.3) is 0 Å². The summed E-state index contributed by atoms with van der Waals surface area (Å²) in [5, 5.41) is 63.7. The van der Waals surface area contributed by atoms with Gasteiger partial charge < -0.3 is 40.8 Å². The van der Waals surface area contributed by atoms with Crippen LogP contribution in [-0.4, -0.2) is 96.8 Å². The zero-order valence-corrected chi connectivity index (χ0v) is 33.3. The maximum Gasteiger partial charge on any atom is 0.472 e. The average Bonchev–Trinajstić information content (AvgIpc) is 3.12. The predicted octanol–water partition coefficient (Wildman–Crippen LogP) is 6.50. The molecule has 13 heteroatoms. The molecule has 0 aromatic heterocycles. The van der Waals surface area contributed by atoms with Gasteiger partial charge in [-0.1, -0.05) is 161 Å². The lowest BCUT2D eigenvalue weighted by molar-refractivity contribution is -0.220. The van der Waals surface area contributed by atoms with Crippen molar-refractivity contribution in [3.8, 4) is 0 Å². The lowest BCUT2D eigenvalue weighted by Crippen LogP contribution is -2.64. The monoisotopic (exact) mass is 766 g/mol. The normalized spacial score (nSPS) is 24.6. The van der Waals surface area contributed by atoms with Crippen LogP contribution in [0.15, 0.2) is 12.2 Å². The number of amides is 1. The number of hydrogen-bond donors (Lipinski definition) is 8. The van der Waals surface area contributed by atoms with Gasteiger partial charge in [0, 0.05) is 6.42 Å². The van der Waals surface area contributed by atoms with Crippen LogP contribution in [0.4, 0.5) is 0 Å². The van der Waals surface area contributed by atoms with E-state index in [1.807, 2.05) is 6.08 Å². The van der Waals surface area contributed by atoms with Crippen LogP contribution >= 0.6 is 7.82 Å². The molecule has 0 saturated heterocycles. The van der Waals surface area contributed by atoms with Crippen LogP contribution in [0.5, 0.6) is 0 Å². The van der Waals surface area contributed by atoms with Gasteiger partial charge >= 0.3 is 7.82 Å². The van der Waals surface area contributed by atoms with Gasteiger partial charge in [0.05, 0.1) is 18.8 Å². The van der Waals surface area contributed by atoms with Gasteiger partial charge in [-0.25, -0.2) is 4.57 Å². The minimum Gasteiger partial charge on any atom is -0.387 e. The van der Waals surface area contributed by atoms with Crippen molar-refractivity contribution in [1.82, 2.24) is 5.32 Å².